The Hall–Kier alpha value is -0.840. The van der Waals surface area contributed by atoms with Crippen LogP contribution in [0.1, 0.15) is 17.3 Å². The molecule has 76 valence electrons. The summed E-state index contributed by atoms with van der Waals surface area (Å²) in [5.74, 6) is 0.0968. The zero-order chi connectivity index (χ0) is 10.8. The molecule has 0 amide bonds. The topological polar surface area (TPSA) is 17.1 Å². The van der Waals surface area contributed by atoms with Gasteiger partial charge in [0, 0.05) is 10.4 Å². The van der Waals surface area contributed by atoms with E-state index in [0.29, 0.717) is 0 Å². The Morgan fingerprint density at radius 3 is 2.33 bits per heavy atom. The van der Waals surface area contributed by atoms with Crippen molar-refractivity contribution in [3.05, 3.63) is 39.7 Å². The smallest absolute Gasteiger partial charge is 0.159 e. The van der Waals surface area contributed by atoms with E-state index in [4.69, 9.17) is 12.2 Å². The van der Waals surface area contributed by atoms with Crippen LogP contribution in [-0.4, -0.2) is 5.78 Å². The summed E-state index contributed by atoms with van der Waals surface area (Å²) in [6.45, 7) is 1.57. The summed E-state index contributed by atoms with van der Waals surface area (Å²) in [4.78, 5) is 12.3. The molecular formula is C11H8OS3. The largest absolute Gasteiger partial charge is 0.295 e. The van der Waals surface area contributed by atoms with Gasteiger partial charge in [0.1, 0.15) is 3.82 Å². The summed E-state index contributed by atoms with van der Waals surface area (Å²) in [6, 6.07) is 9.62. The highest BCUT2D eigenvalue weighted by Crippen LogP contribution is 2.29. The third-order valence-corrected chi connectivity index (χ3v) is 4.95. The van der Waals surface area contributed by atoms with Gasteiger partial charge in [-0.1, -0.05) is 57.2 Å². The minimum atomic E-state index is 0.0968. The van der Waals surface area contributed by atoms with Crippen LogP contribution in [0.15, 0.2) is 30.3 Å². The Morgan fingerprint density at radius 2 is 1.87 bits per heavy atom. The summed E-state index contributed by atoms with van der Waals surface area (Å²) in [5, 5.41) is 0. The van der Waals surface area contributed by atoms with Crippen LogP contribution in [-0.2, 0) is 0 Å². The maximum absolute atomic E-state index is 11.1. The van der Waals surface area contributed by atoms with Crippen LogP contribution in [0.2, 0.25) is 0 Å². The van der Waals surface area contributed by atoms with Crippen molar-refractivity contribution in [3.8, 4) is 10.4 Å². The van der Waals surface area contributed by atoms with Crippen molar-refractivity contribution in [1.82, 2.24) is 0 Å². The molecule has 0 aliphatic heterocycles. The lowest BCUT2D eigenvalue weighted by Gasteiger charge is -1.98. The van der Waals surface area contributed by atoms with Crippen LogP contribution in [0.4, 0.5) is 0 Å². The molecule has 2 aromatic rings. The summed E-state index contributed by atoms with van der Waals surface area (Å²) in [7, 11) is 3.27. The molecule has 0 aliphatic rings. The fourth-order valence-electron chi connectivity index (χ4n) is 1.24. The monoisotopic (exact) mass is 252 g/mol. The van der Waals surface area contributed by atoms with E-state index in [1.807, 2.05) is 30.3 Å². The maximum atomic E-state index is 11.1. The van der Waals surface area contributed by atoms with E-state index in [2.05, 4.69) is 0 Å². The van der Waals surface area contributed by atoms with Crippen LogP contribution in [0, 0.1) is 3.82 Å². The van der Waals surface area contributed by atoms with Crippen molar-refractivity contribution in [3.63, 3.8) is 0 Å². The minimum absolute atomic E-state index is 0.0968. The molecule has 15 heavy (non-hydrogen) atoms. The van der Waals surface area contributed by atoms with Crippen molar-refractivity contribution in [2.45, 2.75) is 6.92 Å². The van der Waals surface area contributed by atoms with E-state index < -0.39 is 0 Å². The fourth-order valence-corrected chi connectivity index (χ4v) is 3.64. The van der Waals surface area contributed by atoms with Gasteiger partial charge < -0.3 is 0 Å². The number of carbonyl (C=O) groups excluding carboxylic acids is 1. The standard InChI is InChI=1S/C11H8OS3/c1-7(12)8-2-4-9(5-3-8)10-6-11(13)15-14-10/h2-6H,1H3. The normalized spacial score (nSPS) is 10.2. The van der Waals surface area contributed by atoms with Gasteiger partial charge in [0.25, 0.3) is 0 Å². The Labute approximate surface area is 100 Å². The number of ketones is 1. The molecule has 1 aromatic carbocycles. The van der Waals surface area contributed by atoms with E-state index in [1.54, 1.807) is 27.6 Å². The summed E-state index contributed by atoms with van der Waals surface area (Å²) in [5.41, 5.74) is 1.87. The van der Waals surface area contributed by atoms with Gasteiger partial charge >= 0.3 is 0 Å². The molecule has 0 bridgehead atoms. The lowest BCUT2D eigenvalue weighted by atomic mass is 10.1. The number of hydrogen-bond acceptors (Lipinski definition) is 4. The molecule has 1 nitrogen and oxygen atoms in total. The molecule has 0 aliphatic carbocycles. The number of Topliss-reactive ketones (excluding diaryl/α,β-unsaturated/α-hetero) is 1. The van der Waals surface area contributed by atoms with E-state index in [0.717, 1.165) is 15.0 Å². The van der Waals surface area contributed by atoms with Gasteiger partial charge in [-0.15, -0.1) is 0 Å². The molecule has 2 rings (SSSR count). The summed E-state index contributed by atoms with van der Waals surface area (Å²) in [6.07, 6.45) is 0. The van der Waals surface area contributed by atoms with E-state index in [9.17, 15) is 4.79 Å². The first-order chi connectivity index (χ1) is 7.16. The fraction of sp³-hybridized carbons (Fsp3) is 0.0909. The Balaban J connectivity index is 2.39. The van der Waals surface area contributed by atoms with Crippen LogP contribution in [0.5, 0.6) is 0 Å². The van der Waals surface area contributed by atoms with Crippen LogP contribution in [0.25, 0.3) is 10.4 Å². The highest BCUT2D eigenvalue weighted by atomic mass is 32.9. The molecule has 0 fully saturated rings. The van der Waals surface area contributed by atoms with Gasteiger partial charge in [-0.25, -0.2) is 0 Å². The molecule has 0 N–H and O–H groups in total. The second kappa shape index (κ2) is 4.35. The van der Waals surface area contributed by atoms with Crippen molar-refractivity contribution in [2.24, 2.45) is 0 Å². The first-order valence-electron chi connectivity index (χ1n) is 4.38. The van der Waals surface area contributed by atoms with Crippen molar-refractivity contribution < 1.29 is 4.79 Å². The number of hydrogen-bond donors (Lipinski definition) is 0. The number of rotatable bonds is 2. The number of benzene rings is 1. The maximum Gasteiger partial charge on any atom is 0.159 e. The average molecular weight is 252 g/mol. The molecule has 0 unspecified atom stereocenters. The van der Waals surface area contributed by atoms with Gasteiger partial charge in [0.05, 0.1) is 0 Å². The number of carbonyl (C=O) groups is 1. The zero-order valence-electron chi connectivity index (χ0n) is 8.02. The Morgan fingerprint density at radius 1 is 1.20 bits per heavy atom. The van der Waals surface area contributed by atoms with Crippen molar-refractivity contribution in [1.29, 1.82) is 0 Å². The molecule has 0 spiro atoms. The predicted octanol–water partition coefficient (Wildman–Crippen LogP) is 4.41. The van der Waals surface area contributed by atoms with E-state index in [1.165, 1.54) is 4.88 Å². The van der Waals surface area contributed by atoms with Gasteiger partial charge in [0.15, 0.2) is 5.78 Å². The van der Waals surface area contributed by atoms with Crippen LogP contribution < -0.4 is 0 Å². The second-order valence-electron chi connectivity index (χ2n) is 3.13. The first kappa shape index (κ1) is 10.7. The third kappa shape index (κ3) is 2.40. The highest BCUT2D eigenvalue weighted by molar-refractivity contribution is 7.80. The second-order valence-corrected chi connectivity index (χ2v) is 6.04. The first-order valence-corrected chi connectivity index (χ1v) is 6.94. The molecular weight excluding hydrogens is 244 g/mol. The minimum Gasteiger partial charge on any atom is -0.295 e. The van der Waals surface area contributed by atoms with E-state index >= 15 is 0 Å². The SMILES string of the molecule is CC(=O)c1ccc(-c2cc(=S)ss2)cc1. The molecule has 4 heteroatoms. The molecule has 0 saturated carbocycles. The quantitative estimate of drug-likeness (QED) is 0.447. The highest BCUT2D eigenvalue weighted by Gasteiger charge is 2.02. The molecule has 0 radical (unpaired) electrons. The molecule has 0 saturated heterocycles. The summed E-state index contributed by atoms with van der Waals surface area (Å²) < 4.78 is 0.908. The lowest BCUT2D eigenvalue weighted by Crippen LogP contribution is -1.90. The lowest BCUT2D eigenvalue weighted by molar-refractivity contribution is 0.101. The zero-order valence-corrected chi connectivity index (χ0v) is 10.5. The predicted molar refractivity (Wildman–Crippen MR) is 68.5 cm³/mol. The van der Waals surface area contributed by atoms with E-state index in [-0.39, 0.29) is 5.78 Å². The van der Waals surface area contributed by atoms with Gasteiger partial charge in [-0.3, -0.25) is 4.79 Å². The van der Waals surface area contributed by atoms with Crippen molar-refractivity contribution >= 4 is 38.7 Å². The van der Waals surface area contributed by atoms with Gasteiger partial charge in [-0.05, 0) is 18.6 Å². The third-order valence-electron chi connectivity index (χ3n) is 2.04. The van der Waals surface area contributed by atoms with Crippen molar-refractivity contribution in [2.75, 3.05) is 0 Å². The van der Waals surface area contributed by atoms with Gasteiger partial charge in [-0.2, -0.15) is 0 Å². The van der Waals surface area contributed by atoms with Gasteiger partial charge in [0.2, 0.25) is 0 Å². The molecule has 1 heterocycles. The van der Waals surface area contributed by atoms with Crippen LogP contribution in [0.3, 0.4) is 0 Å². The molecule has 1 aromatic heterocycles. The Kier molecular flexibility index (Phi) is 3.09. The van der Waals surface area contributed by atoms with Crippen LogP contribution >= 0.6 is 32.9 Å². The average Bonchev–Trinajstić information content (AvgIpc) is 2.65. The summed E-state index contributed by atoms with van der Waals surface area (Å²) >= 11 is 5.08. The Bertz CT molecular complexity index is 533. The molecule has 0 atom stereocenters.